The molecule has 0 saturated carbocycles. The van der Waals surface area contributed by atoms with Gasteiger partial charge in [-0.2, -0.15) is 13.9 Å². The Morgan fingerprint density at radius 2 is 2.00 bits per heavy atom. The molecule has 0 bridgehead atoms. The van der Waals surface area contributed by atoms with Gasteiger partial charge in [0.25, 0.3) is 5.91 Å². The van der Waals surface area contributed by atoms with Gasteiger partial charge in [-0.3, -0.25) is 9.48 Å². The fourth-order valence-electron chi connectivity index (χ4n) is 2.17. The first-order chi connectivity index (χ1) is 11.2. The van der Waals surface area contributed by atoms with E-state index >= 15 is 0 Å². The van der Waals surface area contributed by atoms with E-state index in [4.69, 9.17) is 0 Å². The smallest absolute Gasteiger partial charge is 0.387 e. The monoisotopic (exact) mass is 337 g/mol. The van der Waals surface area contributed by atoms with Crippen LogP contribution in [0.4, 0.5) is 8.78 Å². The number of hydrogen-bond donors (Lipinski definition) is 1. The minimum absolute atomic E-state index is 0.0492. The highest BCUT2D eigenvalue weighted by atomic mass is 19.3. The van der Waals surface area contributed by atoms with E-state index in [0.29, 0.717) is 11.3 Å². The molecule has 2 rings (SSSR count). The van der Waals surface area contributed by atoms with Gasteiger partial charge in [0.15, 0.2) is 0 Å². The maximum Gasteiger partial charge on any atom is 0.387 e. The Morgan fingerprint density at radius 3 is 2.58 bits per heavy atom. The quantitative estimate of drug-likeness (QED) is 0.911. The second-order valence-corrected chi connectivity index (χ2v) is 6.46. The number of hydrogen-bond acceptors (Lipinski definition) is 3. The molecule has 7 heteroatoms. The van der Waals surface area contributed by atoms with Crippen LogP contribution in [0.2, 0.25) is 0 Å². The van der Waals surface area contributed by atoms with Gasteiger partial charge in [-0.15, -0.1) is 0 Å². The maximum atomic E-state index is 12.4. The van der Waals surface area contributed by atoms with Gasteiger partial charge in [-0.25, -0.2) is 0 Å². The van der Waals surface area contributed by atoms with Gasteiger partial charge in [0.05, 0.1) is 5.69 Å². The Bertz CT molecular complexity index is 721. The SMILES string of the molecule is Cn1nc(C(C)(C)C)cc1C(=O)NCc1ccccc1OC(F)F. The van der Waals surface area contributed by atoms with Crippen molar-refractivity contribution >= 4 is 5.91 Å². The van der Waals surface area contributed by atoms with Crippen molar-refractivity contribution in [1.29, 1.82) is 0 Å². The molecule has 0 saturated heterocycles. The number of para-hydroxylation sites is 1. The van der Waals surface area contributed by atoms with E-state index in [1.54, 1.807) is 31.3 Å². The molecule has 2 aromatic rings. The number of amides is 1. The number of alkyl halides is 2. The summed E-state index contributed by atoms with van der Waals surface area (Å²) in [6.07, 6.45) is 0. The van der Waals surface area contributed by atoms with Crippen LogP contribution < -0.4 is 10.1 Å². The Balaban J connectivity index is 2.11. The lowest BCUT2D eigenvalue weighted by Gasteiger charge is -2.13. The van der Waals surface area contributed by atoms with Gasteiger partial charge in [-0.1, -0.05) is 39.0 Å². The van der Waals surface area contributed by atoms with E-state index in [0.717, 1.165) is 5.69 Å². The molecule has 24 heavy (non-hydrogen) atoms. The Labute approximate surface area is 139 Å². The summed E-state index contributed by atoms with van der Waals surface area (Å²) in [6, 6.07) is 8.09. The summed E-state index contributed by atoms with van der Waals surface area (Å²) in [6.45, 7) is 3.20. The summed E-state index contributed by atoms with van der Waals surface area (Å²) in [4.78, 5) is 12.4. The molecule has 0 fully saturated rings. The van der Waals surface area contributed by atoms with Crippen LogP contribution in [0.3, 0.4) is 0 Å². The predicted molar refractivity (Wildman–Crippen MR) is 86.2 cm³/mol. The number of rotatable bonds is 5. The molecule has 0 atom stereocenters. The number of aromatic nitrogens is 2. The molecule has 1 N–H and O–H groups in total. The summed E-state index contributed by atoms with van der Waals surface area (Å²) in [7, 11) is 1.69. The molecule has 0 radical (unpaired) electrons. The normalized spacial score (nSPS) is 11.6. The van der Waals surface area contributed by atoms with Crippen molar-refractivity contribution in [2.45, 2.75) is 39.3 Å². The second-order valence-electron chi connectivity index (χ2n) is 6.46. The largest absolute Gasteiger partial charge is 0.434 e. The molecule has 1 amide bonds. The van der Waals surface area contributed by atoms with Crippen LogP contribution in [0.15, 0.2) is 30.3 Å². The number of carbonyl (C=O) groups excluding carboxylic acids is 1. The molecule has 0 aliphatic carbocycles. The van der Waals surface area contributed by atoms with E-state index in [1.165, 1.54) is 10.7 Å². The topological polar surface area (TPSA) is 56.2 Å². The number of halogens is 2. The second kappa shape index (κ2) is 6.98. The zero-order valence-electron chi connectivity index (χ0n) is 14.1. The highest BCUT2D eigenvalue weighted by molar-refractivity contribution is 5.92. The van der Waals surface area contributed by atoms with Gasteiger partial charge in [-0.05, 0) is 12.1 Å². The lowest BCUT2D eigenvalue weighted by atomic mass is 9.92. The first kappa shape index (κ1) is 17.9. The summed E-state index contributed by atoms with van der Waals surface area (Å²) in [5, 5.41) is 7.06. The Morgan fingerprint density at radius 1 is 1.33 bits per heavy atom. The average molecular weight is 337 g/mol. The molecular formula is C17H21F2N3O2. The molecule has 0 unspecified atom stereocenters. The lowest BCUT2D eigenvalue weighted by molar-refractivity contribution is -0.0504. The van der Waals surface area contributed by atoms with Gasteiger partial charge < -0.3 is 10.1 Å². The first-order valence-corrected chi connectivity index (χ1v) is 7.54. The number of aryl methyl sites for hydroxylation is 1. The number of benzene rings is 1. The summed E-state index contributed by atoms with van der Waals surface area (Å²) in [5.41, 5.74) is 1.52. The van der Waals surface area contributed by atoms with Crippen LogP contribution in [-0.4, -0.2) is 22.3 Å². The molecule has 1 aromatic carbocycles. The summed E-state index contributed by atoms with van der Waals surface area (Å²) >= 11 is 0. The Kier molecular flexibility index (Phi) is 5.21. The summed E-state index contributed by atoms with van der Waals surface area (Å²) in [5.74, 6) is -0.277. The average Bonchev–Trinajstić information content (AvgIpc) is 2.87. The molecule has 130 valence electrons. The lowest BCUT2D eigenvalue weighted by Crippen LogP contribution is -2.25. The molecule has 5 nitrogen and oxygen atoms in total. The van der Waals surface area contributed by atoms with Gasteiger partial charge in [0.1, 0.15) is 11.4 Å². The van der Waals surface area contributed by atoms with Crippen LogP contribution in [0.25, 0.3) is 0 Å². The molecule has 0 aliphatic rings. The van der Waals surface area contributed by atoms with Crippen molar-refractivity contribution in [3.05, 3.63) is 47.3 Å². The predicted octanol–water partition coefficient (Wildman–Crippen LogP) is 3.25. The van der Waals surface area contributed by atoms with Crippen LogP contribution in [0, 0.1) is 0 Å². The molecule has 1 heterocycles. The standard InChI is InChI=1S/C17H21F2N3O2/c1-17(2,3)14-9-12(22(4)21-14)15(23)20-10-11-7-5-6-8-13(11)24-16(18)19/h5-9,16H,10H2,1-4H3,(H,20,23). The Hall–Kier alpha value is -2.44. The molecular weight excluding hydrogens is 316 g/mol. The van der Waals surface area contributed by atoms with Gasteiger partial charge >= 0.3 is 6.61 Å². The summed E-state index contributed by atoms with van der Waals surface area (Å²) < 4.78 is 30.8. The molecule has 1 aromatic heterocycles. The number of ether oxygens (including phenoxy) is 1. The van der Waals surface area contributed by atoms with Crippen LogP contribution in [0.5, 0.6) is 5.75 Å². The van der Waals surface area contributed by atoms with E-state index in [1.807, 2.05) is 20.8 Å². The highest BCUT2D eigenvalue weighted by Gasteiger charge is 2.21. The third kappa shape index (κ3) is 4.31. The highest BCUT2D eigenvalue weighted by Crippen LogP contribution is 2.22. The third-order valence-corrected chi connectivity index (χ3v) is 3.51. The minimum atomic E-state index is -2.91. The van der Waals surface area contributed by atoms with Crippen molar-refractivity contribution in [2.24, 2.45) is 7.05 Å². The van der Waals surface area contributed by atoms with Crippen molar-refractivity contribution in [1.82, 2.24) is 15.1 Å². The van der Waals surface area contributed by atoms with Gasteiger partial charge in [0, 0.05) is 24.6 Å². The van der Waals surface area contributed by atoms with E-state index < -0.39 is 6.61 Å². The zero-order chi connectivity index (χ0) is 17.9. The zero-order valence-corrected chi connectivity index (χ0v) is 14.1. The number of nitrogens with zero attached hydrogens (tertiary/aromatic N) is 2. The van der Waals surface area contributed by atoms with E-state index in [-0.39, 0.29) is 23.6 Å². The number of carbonyl (C=O) groups is 1. The first-order valence-electron chi connectivity index (χ1n) is 7.54. The third-order valence-electron chi connectivity index (χ3n) is 3.51. The van der Waals surface area contributed by atoms with Crippen LogP contribution in [0.1, 0.15) is 42.5 Å². The molecule has 0 aliphatic heterocycles. The van der Waals surface area contributed by atoms with Crippen molar-refractivity contribution in [2.75, 3.05) is 0 Å². The number of nitrogens with one attached hydrogen (secondary N) is 1. The van der Waals surface area contributed by atoms with E-state index in [2.05, 4.69) is 15.2 Å². The molecule has 0 spiro atoms. The van der Waals surface area contributed by atoms with Crippen LogP contribution in [-0.2, 0) is 19.0 Å². The minimum Gasteiger partial charge on any atom is -0.434 e. The fraction of sp³-hybridized carbons (Fsp3) is 0.412. The van der Waals surface area contributed by atoms with Crippen molar-refractivity contribution < 1.29 is 18.3 Å². The van der Waals surface area contributed by atoms with Crippen LogP contribution >= 0.6 is 0 Å². The van der Waals surface area contributed by atoms with Crippen molar-refractivity contribution in [3.8, 4) is 5.75 Å². The van der Waals surface area contributed by atoms with Crippen molar-refractivity contribution in [3.63, 3.8) is 0 Å². The van der Waals surface area contributed by atoms with E-state index in [9.17, 15) is 13.6 Å². The fourth-order valence-corrected chi connectivity index (χ4v) is 2.17. The van der Waals surface area contributed by atoms with Gasteiger partial charge in [0.2, 0.25) is 0 Å². The maximum absolute atomic E-state index is 12.4.